The molecule has 0 radical (unpaired) electrons. The van der Waals surface area contributed by atoms with E-state index in [2.05, 4.69) is 4.99 Å². The third-order valence-electron chi connectivity index (χ3n) is 4.23. The molecule has 0 saturated carbocycles. The van der Waals surface area contributed by atoms with Crippen LogP contribution in [0.1, 0.15) is 22.8 Å². The Hall–Kier alpha value is -2.74. The molecule has 8 heteroatoms. The predicted molar refractivity (Wildman–Crippen MR) is 119 cm³/mol. The van der Waals surface area contributed by atoms with E-state index in [0.717, 1.165) is 15.8 Å². The van der Waals surface area contributed by atoms with Crippen LogP contribution >= 0.6 is 22.9 Å². The van der Waals surface area contributed by atoms with E-state index in [-0.39, 0.29) is 5.97 Å². The van der Waals surface area contributed by atoms with Gasteiger partial charge in [0.1, 0.15) is 0 Å². The summed E-state index contributed by atoms with van der Waals surface area (Å²) in [5.74, 6) is -0.785. The Kier molecular flexibility index (Phi) is 7.57. The van der Waals surface area contributed by atoms with E-state index in [4.69, 9.17) is 21.1 Å². The number of carbonyl (C=O) groups is 2. The summed E-state index contributed by atoms with van der Waals surface area (Å²) in [6, 6.07) is 12.5. The van der Waals surface area contributed by atoms with Crippen LogP contribution in [0.4, 0.5) is 0 Å². The van der Waals surface area contributed by atoms with Crippen LogP contribution in [0.2, 0.25) is 5.02 Å². The van der Waals surface area contributed by atoms with Crippen LogP contribution in [0.25, 0.3) is 16.3 Å². The van der Waals surface area contributed by atoms with E-state index in [1.54, 1.807) is 38.3 Å². The number of aromatic nitrogens is 1. The Morgan fingerprint density at radius 2 is 2.03 bits per heavy atom. The van der Waals surface area contributed by atoms with Gasteiger partial charge in [0.2, 0.25) is 0 Å². The van der Waals surface area contributed by atoms with Gasteiger partial charge in [-0.3, -0.25) is 4.79 Å². The minimum absolute atomic E-state index is 0.308. The topological polar surface area (TPSA) is 69.9 Å². The predicted octanol–water partition coefficient (Wildman–Crippen LogP) is 4.32. The molecule has 3 aromatic rings. The fourth-order valence-corrected chi connectivity index (χ4v) is 4.10. The maximum atomic E-state index is 12.5. The number of ether oxygens (including phenoxy) is 2. The van der Waals surface area contributed by atoms with Crippen LogP contribution in [-0.4, -0.2) is 36.8 Å². The van der Waals surface area contributed by atoms with Crippen molar-refractivity contribution in [3.63, 3.8) is 0 Å². The van der Waals surface area contributed by atoms with Gasteiger partial charge in [-0.2, -0.15) is 4.99 Å². The number of benzene rings is 2. The molecular formula is C22H21ClN2O4S. The van der Waals surface area contributed by atoms with Crippen LogP contribution in [0, 0.1) is 0 Å². The molecule has 1 heterocycles. The zero-order chi connectivity index (χ0) is 21.5. The number of hydrogen-bond donors (Lipinski definition) is 0. The minimum Gasteiger partial charge on any atom is -0.462 e. The number of methoxy groups -OCH3 is 1. The number of carbonyl (C=O) groups excluding carboxylic acids is 2. The molecule has 1 amide bonds. The first-order valence-electron chi connectivity index (χ1n) is 9.34. The Bertz CT molecular complexity index is 1160. The van der Waals surface area contributed by atoms with Crippen molar-refractivity contribution in [2.24, 2.45) is 4.99 Å². The zero-order valence-electron chi connectivity index (χ0n) is 16.6. The smallest absolute Gasteiger partial charge is 0.338 e. The number of rotatable bonds is 7. The van der Waals surface area contributed by atoms with Crippen LogP contribution in [0.5, 0.6) is 0 Å². The summed E-state index contributed by atoms with van der Waals surface area (Å²) in [7, 11) is 1.61. The van der Waals surface area contributed by atoms with Crippen molar-refractivity contribution in [2.45, 2.75) is 13.5 Å². The highest BCUT2D eigenvalue weighted by molar-refractivity contribution is 7.16. The Morgan fingerprint density at radius 1 is 1.23 bits per heavy atom. The van der Waals surface area contributed by atoms with Crippen molar-refractivity contribution in [3.8, 4) is 0 Å². The van der Waals surface area contributed by atoms with Crippen LogP contribution in [0.3, 0.4) is 0 Å². The Labute approximate surface area is 183 Å². The fraction of sp³-hybridized carbons (Fsp3) is 0.227. The van der Waals surface area contributed by atoms with Gasteiger partial charge < -0.3 is 14.0 Å². The molecule has 0 aliphatic heterocycles. The highest BCUT2D eigenvalue weighted by Gasteiger charge is 2.12. The lowest BCUT2D eigenvalue weighted by Gasteiger charge is -2.05. The van der Waals surface area contributed by atoms with Gasteiger partial charge in [0, 0.05) is 24.8 Å². The van der Waals surface area contributed by atoms with Gasteiger partial charge >= 0.3 is 5.97 Å². The summed E-state index contributed by atoms with van der Waals surface area (Å²) in [5.41, 5.74) is 2.07. The molecule has 30 heavy (non-hydrogen) atoms. The second-order valence-electron chi connectivity index (χ2n) is 6.24. The molecule has 0 saturated heterocycles. The van der Waals surface area contributed by atoms with Crippen LogP contribution in [-0.2, 0) is 20.8 Å². The normalized spacial score (nSPS) is 12.0. The maximum Gasteiger partial charge on any atom is 0.338 e. The average molecular weight is 445 g/mol. The van der Waals surface area contributed by atoms with Gasteiger partial charge in [0.15, 0.2) is 4.80 Å². The van der Waals surface area contributed by atoms with Crippen LogP contribution < -0.4 is 4.80 Å². The molecule has 0 unspecified atom stereocenters. The van der Waals surface area contributed by atoms with Gasteiger partial charge in [-0.25, -0.2) is 4.79 Å². The molecule has 6 nitrogen and oxygen atoms in total. The van der Waals surface area contributed by atoms with E-state index >= 15 is 0 Å². The van der Waals surface area contributed by atoms with Gasteiger partial charge in [0.05, 0.1) is 29.0 Å². The first-order chi connectivity index (χ1) is 14.5. The van der Waals surface area contributed by atoms with Crippen molar-refractivity contribution in [1.29, 1.82) is 0 Å². The molecule has 0 aliphatic carbocycles. The third-order valence-corrected chi connectivity index (χ3v) is 5.61. The minimum atomic E-state index is -0.404. The molecule has 0 N–H and O–H groups in total. The molecule has 3 rings (SSSR count). The molecule has 0 aliphatic rings. The molecule has 0 atom stereocenters. The monoisotopic (exact) mass is 444 g/mol. The van der Waals surface area contributed by atoms with Crippen molar-refractivity contribution in [2.75, 3.05) is 20.3 Å². The SMILES string of the molecule is CCOC(=O)c1ccc2c(c1)sc(=NC(=O)/C=C/c1ccccc1Cl)n2CCOC. The molecule has 0 spiro atoms. The average Bonchev–Trinajstić information content (AvgIpc) is 3.07. The number of halogens is 1. The Morgan fingerprint density at radius 3 is 2.77 bits per heavy atom. The maximum absolute atomic E-state index is 12.5. The highest BCUT2D eigenvalue weighted by Crippen LogP contribution is 2.20. The van der Waals surface area contributed by atoms with E-state index in [1.165, 1.54) is 17.4 Å². The lowest BCUT2D eigenvalue weighted by Crippen LogP contribution is -2.19. The number of nitrogens with zero attached hydrogens (tertiary/aromatic N) is 2. The van der Waals surface area contributed by atoms with E-state index in [9.17, 15) is 9.59 Å². The molecule has 1 aromatic heterocycles. The summed E-state index contributed by atoms with van der Waals surface area (Å²) in [6.45, 7) is 3.05. The second kappa shape index (κ2) is 10.3. The third kappa shape index (κ3) is 5.24. The first kappa shape index (κ1) is 22.0. The lowest BCUT2D eigenvalue weighted by atomic mass is 10.2. The van der Waals surface area contributed by atoms with Gasteiger partial charge in [-0.15, -0.1) is 0 Å². The fourth-order valence-electron chi connectivity index (χ4n) is 2.80. The number of thiazole rings is 1. The summed E-state index contributed by atoms with van der Waals surface area (Å²) in [6.07, 6.45) is 3.02. The number of esters is 1. The number of hydrogen-bond acceptors (Lipinski definition) is 5. The summed E-state index contributed by atoms with van der Waals surface area (Å²) in [4.78, 5) is 29.3. The highest BCUT2D eigenvalue weighted by atomic mass is 35.5. The standard InChI is InChI=1S/C22H21ClN2O4S/c1-3-29-21(27)16-8-10-18-19(14-16)30-22(25(18)12-13-28-2)24-20(26)11-9-15-6-4-5-7-17(15)23/h4-11,14H,3,12-13H2,1-2H3/b11-9+,24-22?. The van der Waals surface area contributed by atoms with Crippen molar-refractivity contribution < 1.29 is 19.1 Å². The molecule has 156 valence electrons. The summed E-state index contributed by atoms with van der Waals surface area (Å²) >= 11 is 7.45. The quantitative estimate of drug-likeness (QED) is 0.402. The first-order valence-corrected chi connectivity index (χ1v) is 10.5. The molecule has 2 aromatic carbocycles. The largest absolute Gasteiger partial charge is 0.462 e. The Balaban J connectivity index is 1.98. The van der Waals surface area contributed by atoms with E-state index in [0.29, 0.717) is 35.1 Å². The second-order valence-corrected chi connectivity index (χ2v) is 7.65. The lowest BCUT2D eigenvalue weighted by molar-refractivity contribution is -0.113. The molecular weight excluding hydrogens is 424 g/mol. The number of fused-ring (bicyclic) bond motifs is 1. The van der Waals surface area contributed by atoms with Crippen molar-refractivity contribution >= 4 is 51.1 Å². The van der Waals surface area contributed by atoms with Crippen molar-refractivity contribution in [3.05, 3.63) is 69.5 Å². The zero-order valence-corrected chi connectivity index (χ0v) is 18.2. The van der Waals surface area contributed by atoms with E-state index < -0.39 is 5.91 Å². The van der Waals surface area contributed by atoms with E-state index in [1.807, 2.05) is 28.8 Å². The van der Waals surface area contributed by atoms with Gasteiger partial charge in [-0.05, 0) is 42.8 Å². The van der Waals surface area contributed by atoms with Gasteiger partial charge in [-0.1, -0.05) is 41.1 Å². The van der Waals surface area contributed by atoms with Crippen molar-refractivity contribution in [1.82, 2.24) is 4.57 Å². The van der Waals surface area contributed by atoms with Crippen LogP contribution in [0.15, 0.2) is 53.5 Å². The van der Waals surface area contributed by atoms with Gasteiger partial charge in [0.25, 0.3) is 5.91 Å². The molecule has 0 fully saturated rings. The summed E-state index contributed by atoms with van der Waals surface area (Å²) in [5, 5.41) is 0.560. The summed E-state index contributed by atoms with van der Waals surface area (Å²) < 4.78 is 13.0. The molecule has 0 bridgehead atoms. The number of amides is 1.